The number of hydrogen-bond donors (Lipinski definition) is 1. The summed E-state index contributed by atoms with van der Waals surface area (Å²) in [5.41, 5.74) is 1.20. The quantitative estimate of drug-likeness (QED) is 0.937. The summed E-state index contributed by atoms with van der Waals surface area (Å²) in [5, 5.41) is 11.3. The molecule has 1 atom stereocenters. The number of aliphatic hydroxyl groups is 1. The maximum Gasteiger partial charge on any atom is 0.110 e. The van der Waals surface area contributed by atoms with Gasteiger partial charge >= 0.3 is 0 Å². The first-order chi connectivity index (χ1) is 9.22. The van der Waals surface area contributed by atoms with E-state index in [1.165, 1.54) is 0 Å². The highest BCUT2D eigenvalue weighted by molar-refractivity contribution is 6.30. The van der Waals surface area contributed by atoms with Gasteiger partial charge in [-0.25, -0.2) is 0 Å². The lowest BCUT2D eigenvalue weighted by molar-refractivity contribution is -0.122. The number of ether oxygens (including phenoxy) is 1. The highest BCUT2D eigenvalue weighted by Gasteiger charge is 2.47. The first-order valence-electron chi connectivity index (χ1n) is 6.15. The number of benzene rings is 1. The highest BCUT2D eigenvalue weighted by atomic mass is 35.5. The van der Waals surface area contributed by atoms with Gasteiger partial charge in [-0.2, -0.15) is 0 Å². The Kier molecular flexibility index (Phi) is 3.27. The van der Waals surface area contributed by atoms with Crippen LogP contribution in [0.1, 0.15) is 17.4 Å². The summed E-state index contributed by atoms with van der Waals surface area (Å²) in [5.74, 6) is 0. The summed E-state index contributed by atoms with van der Waals surface area (Å²) < 4.78 is 5.34. The lowest BCUT2D eigenvalue weighted by Crippen LogP contribution is -2.51. The van der Waals surface area contributed by atoms with Gasteiger partial charge in [0.1, 0.15) is 6.10 Å². The van der Waals surface area contributed by atoms with Crippen LogP contribution >= 0.6 is 11.6 Å². The number of aliphatic hydroxyl groups excluding tert-OH is 1. The second kappa shape index (κ2) is 4.93. The van der Waals surface area contributed by atoms with Gasteiger partial charge in [-0.15, -0.1) is 0 Å². The number of aromatic nitrogens is 1. The van der Waals surface area contributed by atoms with E-state index in [0.717, 1.165) is 5.56 Å². The van der Waals surface area contributed by atoms with Gasteiger partial charge in [-0.3, -0.25) is 4.98 Å². The largest absolute Gasteiger partial charge is 0.386 e. The fourth-order valence-corrected chi connectivity index (χ4v) is 2.61. The lowest BCUT2D eigenvalue weighted by Gasteiger charge is -2.45. The molecule has 3 nitrogen and oxygen atoms in total. The van der Waals surface area contributed by atoms with E-state index in [0.29, 0.717) is 23.9 Å². The topological polar surface area (TPSA) is 42.4 Å². The van der Waals surface area contributed by atoms with E-state index in [2.05, 4.69) is 4.98 Å². The average Bonchev–Trinajstić information content (AvgIpc) is 2.38. The highest BCUT2D eigenvalue weighted by Crippen LogP contribution is 2.43. The summed E-state index contributed by atoms with van der Waals surface area (Å²) >= 11 is 6.04. The Bertz CT molecular complexity index is 569. The minimum Gasteiger partial charge on any atom is -0.386 e. The lowest BCUT2D eigenvalue weighted by atomic mass is 9.72. The van der Waals surface area contributed by atoms with Crippen LogP contribution in [0, 0.1) is 0 Å². The number of halogens is 1. The minimum atomic E-state index is -0.694. The molecule has 1 aromatic heterocycles. The van der Waals surface area contributed by atoms with Crippen molar-refractivity contribution in [1.29, 1.82) is 0 Å². The fourth-order valence-electron chi connectivity index (χ4n) is 2.42. The van der Waals surface area contributed by atoms with E-state index < -0.39 is 11.5 Å². The molecule has 0 bridgehead atoms. The predicted molar refractivity (Wildman–Crippen MR) is 73.1 cm³/mol. The molecule has 3 rings (SSSR count). The van der Waals surface area contributed by atoms with Crippen molar-refractivity contribution in [3.05, 3.63) is 64.9 Å². The van der Waals surface area contributed by atoms with Crippen molar-refractivity contribution in [3.63, 3.8) is 0 Å². The second-order valence-corrected chi connectivity index (χ2v) is 5.25. The third-order valence-corrected chi connectivity index (χ3v) is 3.85. The molecule has 1 fully saturated rings. The second-order valence-electron chi connectivity index (χ2n) is 4.82. The van der Waals surface area contributed by atoms with Crippen LogP contribution in [0.2, 0.25) is 5.02 Å². The smallest absolute Gasteiger partial charge is 0.110 e. The van der Waals surface area contributed by atoms with E-state index in [1.54, 1.807) is 6.20 Å². The molecule has 0 spiro atoms. The molecule has 1 unspecified atom stereocenters. The molecule has 2 heterocycles. The Labute approximate surface area is 116 Å². The Balaban J connectivity index is 2.00. The standard InChI is InChI=1S/C15H14ClNO2/c16-12-5-3-4-11(8-12)15(9-19-10-15)14(18)13-6-1-2-7-17-13/h1-8,14,18H,9-10H2. The molecule has 98 valence electrons. The number of nitrogens with zero attached hydrogens (tertiary/aromatic N) is 1. The SMILES string of the molecule is OC(c1ccccn1)C1(c2cccc(Cl)c2)COC1. The monoisotopic (exact) mass is 275 g/mol. The molecule has 0 radical (unpaired) electrons. The van der Waals surface area contributed by atoms with Crippen molar-refractivity contribution in [3.8, 4) is 0 Å². The van der Waals surface area contributed by atoms with Gasteiger partial charge in [-0.05, 0) is 29.8 Å². The van der Waals surface area contributed by atoms with Crippen molar-refractivity contribution in [2.45, 2.75) is 11.5 Å². The molecular weight excluding hydrogens is 262 g/mol. The summed E-state index contributed by atoms with van der Waals surface area (Å²) in [6, 6.07) is 13.1. The molecular formula is C15H14ClNO2. The molecule has 0 aliphatic carbocycles. The molecule has 4 heteroatoms. The van der Waals surface area contributed by atoms with Gasteiger partial charge in [-0.1, -0.05) is 29.8 Å². The maximum atomic E-state index is 10.6. The van der Waals surface area contributed by atoms with Crippen LogP contribution in [0.4, 0.5) is 0 Å². The van der Waals surface area contributed by atoms with Gasteiger partial charge in [0.25, 0.3) is 0 Å². The zero-order chi connectivity index (χ0) is 13.3. The predicted octanol–water partition coefficient (Wildman–Crippen LogP) is 2.74. The Hall–Kier alpha value is -1.42. The maximum absolute atomic E-state index is 10.6. The summed E-state index contributed by atoms with van der Waals surface area (Å²) in [7, 11) is 0. The van der Waals surface area contributed by atoms with E-state index >= 15 is 0 Å². The molecule has 1 aliphatic heterocycles. The van der Waals surface area contributed by atoms with Crippen LogP contribution in [0.5, 0.6) is 0 Å². The van der Waals surface area contributed by atoms with Gasteiger partial charge in [0, 0.05) is 11.2 Å². The third kappa shape index (κ3) is 2.14. The van der Waals surface area contributed by atoms with Crippen LogP contribution in [-0.2, 0) is 10.2 Å². The Morgan fingerprint density at radius 2 is 2.05 bits per heavy atom. The number of hydrogen-bond acceptors (Lipinski definition) is 3. The van der Waals surface area contributed by atoms with Crippen molar-refractivity contribution in [1.82, 2.24) is 4.98 Å². The molecule has 1 aliphatic rings. The van der Waals surface area contributed by atoms with E-state index in [1.807, 2.05) is 42.5 Å². The molecule has 19 heavy (non-hydrogen) atoms. The normalized spacial score (nSPS) is 18.6. The average molecular weight is 276 g/mol. The zero-order valence-corrected chi connectivity index (χ0v) is 11.0. The fraction of sp³-hybridized carbons (Fsp3) is 0.267. The van der Waals surface area contributed by atoms with Gasteiger partial charge < -0.3 is 9.84 Å². The Morgan fingerprint density at radius 1 is 1.21 bits per heavy atom. The van der Waals surface area contributed by atoms with E-state index in [9.17, 15) is 5.11 Å². The van der Waals surface area contributed by atoms with Crippen LogP contribution < -0.4 is 0 Å². The summed E-state index contributed by atoms with van der Waals surface area (Å²) in [4.78, 5) is 4.24. The number of pyridine rings is 1. The van der Waals surface area contributed by atoms with Crippen LogP contribution in [0.25, 0.3) is 0 Å². The van der Waals surface area contributed by atoms with Crippen molar-refractivity contribution in [2.75, 3.05) is 13.2 Å². The van der Waals surface area contributed by atoms with Crippen LogP contribution in [0.15, 0.2) is 48.7 Å². The molecule has 0 amide bonds. The van der Waals surface area contributed by atoms with Crippen molar-refractivity contribution >= 4 is 11.6 Å². The molecule has 1 aromatic carbocycles. The van der Waals surface area contributed by atoms with Gasteiger partial charge in [0.05, 0.1) is 24.3 Å². The number of rotatable bonds is 3. The van der Waals surface area contributed by atoms with Crippen LogP contribution in [0.3, 0.4) is 0 Å². The Morgan fingerprint density at radius 3 is 2.63 bits per heavy atom. The molecule has 1 saturated heterocycles. The first kappa shape index (κ1) is 12.6. The first-order valence-corrected chi connectivity index (χ1v) is 6.53. The van der Waals surface area contributed by atoms with E-state index in [-0.39, 0.29) is 0 Å². The summed E-state index contributed by atoms with van der Waals surface area (Å²) in [6.07, 6.45) is 0.991. The van der Waals surface area contributed by atoms with E-state index in [4.69, 9.17) is 16.3 Å². The van der Waals surface area contributed by atoms with Crippen molar-refractivity contribution in [2.24, 2.45) is 0 Å². The van der Waals surface area contributed by atoms with Crippen molar-refractivity contribution < 1.29 is 9.84 Å². The summed E-state index contributed by atoms with van der Waals surface area (Å²) in [6.45, 7) is 0.955. The van der Waals surface area contributed by atoms with Crippen LogP contribution in [-0.4, -0.2) is 23.3 Å². The molecule has 0 saturated carbocycles. The van der Waals surface area contributed by atoms with Gasteiger partial charge in [0.15, 0.2) is 0 Å². The molecule has 1 N–H and O–H groups in total. The molecule has 2 aromatic rings. The third-order valence-electron chi connectivity index (χ3n) is 3.61. The van der Waals surface area contributed by atoms with Gasteiger partial charge in [0.2, 0.25) is 0 Å². The minimum absolute atomic E-state index is 0.445. The zero-order valence-electron chi connectivity index (χ0n) is 10.3.